The van der Waals surface area contributed by atoms with E-state index in [0.717, 1.165) is 5.69 Å². The van der Waals surface area contributed by atoms with Gasteiger partial charge in [-0.2, -0.15) is 0 Å². The summed E-state index contributed by atoms with van der Waals surface area (Å²) in [6, 6.07) is 0. The van der Waals surface area contributed by atoms with Crippen LogP contribution in [0.4, 0.5) is 0 Å². The highest BCUT2D eigenvalue weighted by Crippen LogP contribution is 1.92. The first-order valence-electron chi connectivity index (χ1n) is 6.09. The normalized spacial score (nSPS) is 10.9. The molecule has 0 aliphatic carbocycles. The number of hydrogen-bond donors (Lipinski definition) is 3. The third kappa shape index (κ3) is 5.74. The Balaban J connectivity index is 2.18. The highest BCUT2D eigenvalue weighted by molar-refractivity contribution is 5.77. The molecule has 1 amide bonds. The fraction of sp³-hybridized carbons (Fsp3) is 0.727. The van der Waals surface area contributed by atoms with Gasteiger partial charge in [-0.3, -0.25) is 4.79 Å². The first kappa shape index (κ1) is 14.6. The summed E-state index contributed by atoms with van der Waals surface area (Å²) in [5.74, 6) is 0.429. The molecule has 0 radical (unpaired) electrons. The van der Waals surface area contributed by atoms with Gasteiger partial charge in [0.25, 0.3) is 0 Å². The lowest BCUT2D eigenvalue weighted by atomic mass is 10.2. The second-order valence-electron chi connectivity index (χ2n) is 4.50. The average Bonchev–Trinajstić information content (AvgIpc) is 2.75. The van der Waals surface area contributed by atoms with E-state index in [1.807, 2.05) is 13.8 Å². The van der Waals surface area contributed by atoms with E-state index in [-0.39, 0.29) is 19.1 Å². The van der Waals surface area contributed by atoms with Gasteiger partial charge in [0.1, 0.15) is 0 Å². The van der Waals surface area contributed by atoms with E-state index < -0.39 is 0 Å². The van der Waals surface area contributed by atoms with Crippen LogP contribution in [0.15, 0.2) is 6.20 Å². The van der Waals surface area contributed by atoms with Gasteiger partial charge in [0.05, 0.1) is 25.4 Å². The first-order chi connectivity index (χ1) is 8.61. The zero-order valence-corrected chi connectivity index (χ0v) is 10.9. The standard InChI is InChI=1S/C11H21N5O2/c1-9(2)5-13-11(18)7-12-6-10-8-16(3-4-17)15-14-10/h8-9,12,17H,3-7H2,1-2H3,(H,13,18). The number of amides is 1. The topological polar surface area (TPSA) is 92.1 Å². The Labute approximate surface area is 107 Å². The van der Waals surface area contributed by atoms with Crippen LogP contribution in [0.3, 0.4) is 0 Å². The van der Waals surface area contributed by atoms with Crippen LogP contribution in [0.5, 0.6) is 0 Å². The summed E-state index contributed by atoms with van der Waals surface area (Å²) >= 11 is 0. The van der Waals surface area contributed by atoms with Crippen molar-refractivity contribution in [2.24, 2.45) is 5.92 Å². The molecule has 0 aromatic carbocycles. The van der Waals surface area contributed by atoms with Crippen molar-refractivity contribution in [3.63, 3.8) is 0 Å². The van der Waals surface area contributed by atoms with Crippen molar-refractivity contribution < 1.29 is 9.90 Å². The van der Waals surface area contributed by atoms with Gasteiger partial charge in [0.15, 0.2) is 0 Å². The summed E-state index contributed by atoms with van der Waals surface area (Å²) in [6.45, 7) is 6.00. The smallest absolute Gasteiger partial charge is 0.233 e. The van der Waals surface area contributed by atoms with Crippen LogP contribution in [0, 0.1) is 5.92 Å². The van der Waals surface area contributed by atoms with Crippen molar-refractivity contribution in [3.8, 4) is 0 Å². The molecule has 0 spiro atoms. The van der Waals surface area contributed by atoms with Gasteiger partial charge in [0, 0.05) is 19.3 Å². The molecule has 102 valence electrons. The number of carbonyl (C=O) groups excluding carboxylic acids is 1. The average molecular weight is 255 g/mol. The molecule has 0 unspecified atom stereocenters. The first-order valence-corrected chi connectivity index (χ1v) is 6.09. The molecule has 3 N–H and O–H groups in total. The minimum atomic E-state index is -0.0218. The minimum Gasteiger partial charge on any atom is -0.394 e. The maximum Gasteiger partial charge on any atom is 0.233 e. The van der Waals surface area contributed by atoms with Crippen molar-refractivity contribution in [1.82, 2.24) is 25.6 Å². The van der Waals surface area contributed by atoms with Gasteiger partial charge in [0.2, 0.25) is 5.91 Å². The van der Waals surface area contributed by atoms with E-state index in [0.29, 0.717) is 25.6 Å². The van der Waals surface area contributed by atoms with Crippen LogP contribution in [-0.4, -0.2) is 45.7 Å². The van der Waals surface area contributed by atoms with Crippen LogP contribution in [0.25, 0.3) is 0 Å². The molecule has 1 aromatic heterocycles. The Kier molecular flexibility index (Phi) is 6.31. The monoisotopic (exact) mass is 255 g/mol. The predicted molar refractivity (Wildman–Crippen MR) is 66.7 cm³/mol. The van der Waals surface area contributed by atoms with Crippen molar-refractivity contribution >= 4 is 5.91 Å². The van der Waals surface area contributed by atoms with Crippen molar-refractivity contribution in [3.05, 3.63) is 11.9 Å². The van der Waals surface area contributed by atoms with Crippen LogP contribution in [-0.2, 0) is 17.9 Å². The van der Waals surface area contributed by atoms with E-state index in [1.165, 1.54) is 0 Å². The summed E-state index contributed by atoms with van der Waals surface area (Å²) in [4.78, 5) is 11.4. The molecule has 1 heterocycles. The molecule has 0 fully saturated rings. The minimum absolute atomic E-state index is 0.0218. The molecule has 0 aliphatic heterocycles. The largest absolute Gasteiger partial charge is 0.394 e. The quantitative estimate of drug-likeness (QED) is 0.562. The van der Waals surface area contributed by atoms with E-state index in [9.17, 15) is 4.79 Å². The number of aromatic nitrogens is 3. The Bertz CT molecular complexity index is 364. The van der Waals surface area contributed by atoms with Gasteiger partial charge in [-0.15, -0.1) is 5.10 Å². The maximum absolute atomic E-state index is 11.4. The van der Waals surface area contributed by atoms with Crippen LogP contribution in [0.1, 0.15) is 19.5 Å². The molecule has 1 aromatic rings. The highest BCUT2D eigenvalue weighted by Gasteiger charge is 2.03. The number of nitrogens with one attached hydrogen (secondary N) is 2. The maximum atomic E-state index is 11.4. The van der Waals surface area contributed by atoms with Gasteiger partial charge in [-0.05, 0) is 5.92 Å². The molecular weight excluding hydrogens is 234 g/mol. The van der Waals surface area contributed by atoms with Crippen molar-refractivity contribution in [2.45, 2.75) is 26.9 Å². The lowest BCUT2D eigenvalue weighted by Gasteiger charge is -2.07. The van der Waals surface area contributed by atoms with Crippen LogP contribution >= 0.6 is 0 Å². The number of aliphatic hydroxyl groups is 1. The number of rotatable bonds is 8. The Morgan fingerprint density at radius 1 is 1.56 bits per heavy atom. The van der Waals surface area contributed by atoms with Crippen molar-refractivity contribution in [1.29, 1.82) is 0 Å². The molecule has 0 saturated carbocycles. The molecule has 0 aliphatic rings. The zero-order chi connectivity index (χ0) is 13.4. The van der Waals surface area contributed by atoms with E-state index >= 15 is 0 Å². The second-order valence-corrected chi connectivity index (χ2v) is 4.50. The number of aliphatic hydroxyl groups excluding tert-OH is 1. The highest BCUT2D eigenvalue weighted by atomic mass is 16.3. The van der Waals surface area contributed by atoms with Gasteiger partial charge >= 0.3 is 0 Å². The number of hydrogen-bond acceptors (Lipinski definition) is 5. The lowest BCUT2D eigenvalue weighted by Crippen LogP contribution is -2.35. The molecule has 18 heavy (non-hydrogen) atoms. The zero-order valence-electron chi connectivity index (χ0n) is 10.9. The van der Waals surface area contributed by atoms with Gasteiger partial charge in [-0.1, -0.05) is 19.1 Å². The fourth-order valence-electron chi connectivity index (χ4n) is 1.32. The molecule has 0 saturated heterocycles. The Morgan fingerprint density at radius 3 is 3.00 bits per heavy atom. The Hall–Kier alpha value is -1.47. The summed E-state index contributed by atoms with van der Waals surface area (Å²) in [7, 11) is 0. The Morgan fingerprint density at radius 2 is 2.33 bits per heavy atom. The molecule has 7 nitrogen and oxygen atoms in total. The van der Waals surface area contributed by atoms with Crippen LogP contribution in [0.2, 0.25) is 0 Å². The lowest BCUT2D eigenvalue weighted by molar-refractivity contribution is -0.120. The molecule has 0 bridgehead atoms. The second kappa shape index (κ2) is 7.78. The van der Waals surface area contributed by atoms with E-state index in [1.54, 1.807) is 10.9 Å². The van der Waals surface area contributed by atoms with E-state index in [4.69, 9.17) is 5.11 Å². The summed E-state index contributed by atoms with van der Waals surface area (Å²) in [6.07, 6.45) is 1.75. The summed E-state index contributed by atoms with van der Waals surface area (Å²) in [5.41, 5.74) is 0.750. The molecule has 7 heteroatoms. The molecule has 0 atom stereocenters. The number of nitrogens with zero attached hydrogens (tertiary/aromatic N) is 3. The summed E-state index contributed by atoms with van der Waals surface area (Å²) < 4.78 is 1.57. The SMILES string of the molecule is CC(C)CNC(=O)CNCc1cn(CCO)nn1. The third-order valence-electron chi connectivity index (χ3n) is 2.21. The van der Waals surface area contributed by atoms with Gasteiger partial charge < -0.3 is 15.7 Å². The van der Waals surface area contributed by atoms with Crippen molar-refractivity contribution in [2.75, 3.05) is 19.7 Å². The molecule has 1 rings (SSSR count). The van der Waals surface area contributed by atoms with Gasteiger partial charge in [-0.25, -0.2) is 4.68 Å². The number of carbonyl (C=O) groups is 1. The van der Waals surface area contributed by atoms with E-state index in [2.05, 4.69) is 20.9 Å². The molecular formula is C11H21N5O2. The third-order valence-corrected chi connectivity index (χ3v) is 2.21. The predicted octanol–water partition coefficient (Wildman–Crippen LogP) is -0.868. The van der Waals surface area contributed by atoms with Crippen LogP contribution < -0.4 is 10.6 Å². The fourth-order valence-corrected chi connectivity index (χ4v) is 1.32. The summed E-state index contributed by atoms with van der Waals surface area (Å²) in [5, 5.41) is 22.3.